The summed E-state index contributed by atoms with van der Waals surface area (Å²) in [4.78, 5) is 45.2. The number of carbonyl (C=O) groups is 2. The lowest BCUT2D eigenvalue weighted by Gasteiger charge is -2.30. The first-order chi connectivity index (χ1) is 19.5. The van der Waals surface area contributed by atoms with Gasteiger partial charge in [0.25, 0.3) is 5.56 Å². The number of fused-ring (bicyclic) bond motifs is 1. The molecule has 5 rings (SSSR count). The summed E-state index contributed by atoms with van der Waals surface area (Å²) in [5.74, 6) is 0.184. The van der Waals surface area contributed by atoms with Gasteiger partial charge in [0.15, 0.2) is 5.16 Å². The number of rotatable bonds is 9. The number of thioether (sulfide) groups is 1. The summed E-state index contributed by atoms with van der Waals surface area (Å²) in [6.07, 6.45) is 6.93. The molecule has 9 heteroatoms. The van der Waals surface area contributed by atoms with Gasteiger partial charge in [-0.05, 0) is 42.7 Å². The van der Waals surface area contributed by atoms with Crippen molar-refractivity contribution in [2.24, 2.45) is 0 Å². The van der Waals surface area contributed by atoms with Gasteiger partial charge in [0.2, 0.25) is 5.91 Å². The Morgan fingerprint density at radius 3 is 2.52 bits per heavy atom. The standard InChI is InChI=1S/C31H36N4O4S/c1-2-29(37)39-24-15-13-22(14-16-24)19-32-20-28(36)34-18-17-27-26(21-34)30(38)35(23-9-5-3-6-10-23)31(33-27)40-25-11-7-4-8-12-25/h3,5-6,9-10,13-16,25,32H,2,4,7-8,11-12,17-21H2,1H3. The van der Waals surface area contributed by atoms with E-state index in [1.165, 1.54) is 19.3 Å². The van der Waals surface area contributed by atoms with Gasteiger partial charge in [-0.3, -0.25) is 19.0 Å². The Bertz CT molecular complexity index is 1380. The lowest BCUT2D eigenvalue weighted by Crippen LogP contribution is -2.44. The Morgan fingerprint density at radius 2 is 1.80 bits per heavy atom. The third-order valence-corrected chi connectivity index (χ3v) is 8.73. The number of amides is 1. The first-order valence-corrected chi connectivity index (χ1v) is 15.0. The zero-order valence-corrected chi connectivity index (χ0v) is 23.8. The van der Waals surface area contributed by atoms with E-state index in [1.54, 1.807) is 40.3 Å². The number of para-hydroxylation sites is 1. The molecule has 2 aliphatic rings. The minimum Gasteiger partial charge on any atom is -0.427 e. The van der Waals surface area contributed by atoms with Crippen molar-refractivity contribution >= 4 is 23.6 Å². The topological polar surface area (TPSA) is 93.5 Å². The molecule has 1 aromatic heterocycles. The van der Waals surface area contributed by atoms with Gasteiger partial charge < -0.3 is 15.0 Å². The zero-order valence-electron chi connectivity index (χ0n) is 22.9. The summed E-state index contributed by atoms with van der Waals surface area (Å²) < 4.78 is 6.95. The fourth-order valence-electron chi connectivity index (χ4n) is 5.19. The maximum absolute atomic E-state index is 13.9. The van der Waals surface area contributed by atoms with E-state index < -0.39 is 0 Å². The van der Waals surface area contributed by atoms with Gasteiger partial charge >= 0.3 is 5.97 Å². The van der Waals surface area contributed by atoms with E-state index in [0.717, 1.165) is 34.9 Å². The highest BCUT2D eigenvalue weighted by atomic mass is 32.2. The summed E-state index contributed by atoms with van der Waals surface area (Å²) in [5.41, 5.74) is 3.13. The number of hydrogen-bond donors (Lipinski definition) is 1. The largest absolute Gasteiger partial charge is 0.427 e. The van der Waals surface area contributed by atoms with Crippen LogP contribution in [-0.4, -0.2) is 44.7 Å². The SMILES string of the molecule is CCC(=O)Oc1ccc(CNCC(=O)N2CCc3nc(SC4CCCCC4)n(-c4ccccc4)c(=O)c3C2)cc1. The van der Waals surface area contributed by atoms with Crippen molar-refractivity contribution in [2.75, 3.05) is 13.1 Å². The molecule has 0 bridgehead atoms. The normalized spacial score (nSPS) is 15.5. The fraction of sp³-hybridized carbons (Fsp3) is 0.419. The van der Waals surface area contributed by atoms with Crippen LogP contribution >= 0.6 is 11.8 Å². The van der Waals surface area contributed by atoms with E-state index in [0.29, 0.717) is 42.5 Å². The van der Waals surface area contributed by atoms with Crippen molar-refractivity contribution in [3.63, 3.8) is 0 Å². The van der Waals surface area contributed by atoms with E-state index in [9.17, 15) is 14.4 Å². The average molecular weight is 561 g/mol. The van der Waals surface area contributed by atoms with Crippen LogP contribution in [0.15, 0.2) is 64.5 Å². The van der Waals surface area contributed by atoms with Crippen molar-refractivity contribution in [2.45, 2.75) is 75.4 Å². The van der Waals surface area contributed by atoms with Gasteiger partial charge in [-0.2, -0.15) is 0 Å². The number of esters is 1. The second-order valence-corrected chi connectivity index (χ2v) is 11.6. The first-order valence-electron chi connectivity index (χ1n) is 14.2. The Kier molecular flexibility index (Phi) is 9.34. The molecule has 1 aliphatic carbocycles. The van der Waals surface area contributed by atoms with Gasteiger partial charge in [0, 0.05) is 31.2 Å². The van der Waals surface area contributed by atoms with E-state index in [4.69, 9.17) is 9.72 Å². The first kappa shape index (κ1) is 28.1. The Hall–Kier alpha value is -3.43. The van der Waals surface area contributed by atoms with Crippen LogP contribution in [0.25, 0.3) is 5.69 Å². The Labute approximate surface area is 239 Å². The molecule has 0 saturated heterocycles. The van der Waals surface area contributed by atoms with Crippen molar-refractivity contribution in [3.8, 4) is 11.4 Å². The Morgan fingerprint density at radius 1 is 1.05 bits per heavy atom. The monoisotopic (exact) mass is 560 g/mol. The van der Waals surface area contributed by atoms with Crippen molar-refractivity contribution < 1.29 is 14.3 Å². The molecule has 3 aromatic rings. The number of ether oxygens (including phenoxy) is 1. The number of hydrogen-bond acceptors (Lipinski definition) is 7. The predicted molar refractivity (Wildman–Crippen MR) is 156 cm³/mol. The molecular formula is C31H36N4O4S. The van der Waals surface area contributed by atoms with Crippen molar-refractivity contribution in [1.82, 2.24) is 19.8 Å². The third kappa shape index (κ3) is 6.82. The molecule has 40 heavy (non-hydrogen) atoms. The third-order valence-electron chi connectivity index (χ3n) is 7.44. The second kappa shape index (κ2) is 13.3. The van der Waals surface area contributed by atoms with Gasteiger partial charge in [0.05, 0.1) is 30.0 Å². The van der Waals surface area contributed by atoms with E-state index >= 15 is 0 Å². The molecule has 0 atom stereocenters. The van der Waals surface area contributed by atoms with E-state index in [2.05, 4.69) is 5.32 Å². The molecule has 1 N–H and O–H groups in total. The number of nitrogens with one attached hydrogen (secondary N) is 1. The molecule has 210 valence electrons. The van der Waals surface area contributed by atoms with Crippen LogP contribution < -0.4 is 15.6 Å². The van der Waals surface area contributed by atoms with Crippen LogP contribution in [0.1, 0.15) is 62.3 Å². The summed E-state index contributed by atoms with van der Waals surface area (Å²) >= 11 is 1.73. The minimum absolute atomic E-state index is 0.0505. The van der Waals surface area contributed by atoms with Gasteiger partial charge in [0.1, 0.15) is 5.75 Å². The summed E-state index contributed by atoms with van der Waals surface area (Å²) in [6.45, 7) is 3.23. The smallest absolute Gasteiger partial charge is 0.310 e. The van der Waals surface area contributed by atoms with Crippen LogP contribution in [0.3, 0.4) is 0 Å². The second-order valence-electron chi connectivity index (χ2n) is 10.3. The van der Waals surface area contributed by atoms with Crippen molar-refractivity contribution in [3.05, 3.63) is 81.8 Å². The molecule has 1 fully saturated rings. The summed E-state index contributed by atoms with van der Waals surface area (Å²) in [6, 6.07) is 16.9. The van der Waals surface area contributed by atoms with Gasteiger partial charge in [-0.25, -0.2) is 4.98 Å². The molecule has 2 aromatic carbocycles. The van der Waals surface area contributed by atoms with Crippen LogP contribution in [0.5, 0.6) is 5.75 Å². The lowest BCUT2D eigenvalue weighted by molar-refractivity contribution is -0.134. The van der Waals surface area contributed by atoms with Crippen molar-refractivity contribution in [1.29, 1.82) is 0 Å². The van der Waals surface area contributed by atoms with Crippen LogP contribution in [0, 0.1) is 0 Å². The minimum atomic E-state index is -0.274. The maximum atomic E-state index is 13.9. The van der Waals surface area contributed by atoms with Crippen LogP contribution in [0.4, 0.5) is 0 Å². The van der Waals surface area contributed by atoms with E-state index in [1.807, 2.05) is 42.5 Å². The molecule has 1 aliphatic heterocycles. The van der Waals surface area contributed by atoms with Crippen LogP contribution in [-0.2, 0) is 29.1 Å². The molecule has 2 heterocycles. The van der Waals surface area contributed by atoms with E-state index in [-0.39, 0.29) is 30.5 Å². The van der Waals surface area contributed by atoms with Gasteiger partial charge in [-0.1, -0.05) is 68.3 Å². The average Bonchev–Trinajstić information content (AvgIpc) is 2.99. The predicted octanol–water partition coefficient (Wildman–Crippen LogP) is 4.65. The molecule has 1 amide bonds. The molecule has 1 saturated carbocycles. The molecule has 0 radical (unpaired) electrons. The molecule has 0 unspecified atom stereocenters. The number of aromatic nitrogens is 2. The highest BCUT2D eigenvalue weighted by Gasteiger charge is 2.28. The number of carbonyl (C=O) groups excluding carboxylic acids is 2. The Balaban J connectivity index is 1.26. The molecule has 8 nitrogen and oxygen atoms in total. The number of benzene rings is 2. The highest BCUT2D eigenvalue weighted by Crippen LogP contribution is 2.34. The fourth-order valence-corrected chi connectivity index (χ4v) is 6.51. The molecular weight excluding hydrogens is 524 g/mol. The van der Waals surface area contributed by atoms with Gasteiger partial charge in [-0.15, -0.1) is 0 Å². The highest BCUT2D eigenvalue weighted by molar-refractivity contribution is 7.99. The lowest BCUT2D eigenvalue weighted by atomic mass is 10.0. The summed E-state index contributed by atoms with van der Waals surface area (Å²) in [7, 11) is 0. The maximum Gasteiger partial charge on any atom is 0.310 e. The summed E-state index contributed by atoms with van der Waals surface area (Å²) in [5, 5.41) is 4.44. The molecule has 0 spiro atoms. The zero-order chi connectivity index (χ0) is 27.9. The van der Waals surface area contributed by atoms with Crippen LogP contribution in [0.2, 0.25) is 0 Å². The number of nitrogens with zero attached hydrogens (tertiary/aromatic N) is 3. The quantitative estimate of drug-likeness (QED) is 0.231.